The monoisotopic (exact) mass is 439 g/mol. The maximum Gasteiger partial charge on any atom is 0.326 e. The highest BCUT2D eigenvalue weighted by Gasteiger charge is 2.29. The summed E-state index contributed by atoms with van der Waals surface area (Å²) in [7, 11) is 0. The molecule has 0 fully saturated rings. The number of hydrogen-bond acceptors (Lipinski definition) is 8. The van der Waals surface area contributed by atoms with Gasteiger partial charge < -0.3 is 42.7 Å². The Kier molecular flexibility index (Phi) is 9.88. The van der Waals surface area contributed by atoms with Crippen molar-refractivity contribution in [2.45, 2.75) is 31.0 Å². The molecule has 0 radical (unpaired) electrons. The van der Waals surface area contributed by atoms with E-state index in [1.807, 2.05) is 5.32 Å². The van der Waals surface area contributed by atoms with Gasteiger partial charge in [0.05, 0.1) is 19.6 Å². The summed E-state index contributed by atoms with van der Waals surface area (Å²) in [6.07, 6.45) is -0.722. The summed E-state index contributed by atoms with van der Waals surface area (Å²) in [5.41, 5.74) is 10.8. The Morgan fingerprint density at radius 1 is 0.903 bits per heavy atom. The van der Waals surface area contributed by atoms with Gasteiger partial charge in [0.1, 0.15) is 23.9 Å². The number of carbonyl (C=O) groups is 5. The van der Waals surface area contributed by atoms with Gasteiger partial charge in [0.2, 0.25) is 23.6 Å². The van der Waals surface area contributed by atoms with E-state index in [2.05, 4.69) is 10.6 Å². The van der Waals surface area contributed by atoms with Crippen LogP contribution < -0.4 is 27.4 Å². The van der Waals surface area contributed by atoms with Crippen molar-refractivity contribution in [2.75, 3.05) is 13.2 Å². The first-order valence-electron chi connectivity index (χ1n) is 9.07. The summed E-state index contributed by atoms with van der Waals surface area (Å²) in [5, 5.41) is 34.5. The topological polar surface area (TPSA) is 234 Å². The Hall–Kier alpha value is -3.71. The lowest BCUT2D eigenvalue weighted by atomic mass is 10.0. The second-order valence-corrected chi connectivity index (χ2v) is 6.51. The Morgan fingerprint density at radius 2 is 1.45 bits per heavy atom. The number of aliphatic hydroxyl groups excluding tert-OH is 1. The fraction of sp³-hybridized carbons (Fsp3) is 0.389. The van der Waals surface area contributed by atoms with E-state index in [4.69, 9.17) is 16.6 Å². The van der Waals surface area contributed by atoms with Gasteiger partial charge in [0.25, 0.3) is 0 Å². The lowest BCUT2D eigenvalue weighted by molar-refractivity contribution is -0.144. The number of phenols is 1. The van der Waals surface area contributed by atoms with Crippen molar-refractivity contribution in [1.29, 1.82) is 0 Å². The first-order chi connectivity index (χ1) is 14.6. The number of phenolic OH excluding ortho intramolecular Hbond substituents is 1. The van der Waals surface area contributed by atoms with Crippen LogP contribution in [0, 0.1) is 0 Å². The predicted molar refractivity (Wildman–Crippen MR) is 105 cm³/mol. The highest BCUT2D eigenvalue weighted by molar-refractivity contribution is 5.94. The van der Waals surface area contributed by atoms with E-state index in [0.717, 1.165) is 0 Å². The van der Waals surface area contributed by atoms with Gasteiger partial charge in [-0.2, -0.15) is 0 Å². The predicted octanol–water partition coefficient (Wildman–Crippen LogP) is -3.70. The Balaban J connectivity index is 2.92. The minimum atomic E-state index is -1.65. The smallest absolute Gasteiger partial charge is 0.326 e. The number of carboxylic acids is 1. The van der Waals surface area contributed by atoms with Crippen LogP contribution in [0.15, 0.2) is 24.3 Å². The molecule has 10 N–H and O–H groups in total. The molecule has 1 aromatic carbocycles. The van der Waals surface area contributed by atoms with Gasteiger partial charge in [0.15, 0.2) is 0 Å². The molecule has 0 aliphatic carbocycles. The zero-order valence-corrected chi connectivity index (χ0v) is 16.4. The summed E-state index contributed by atoms with van der Waals surface area (Å²) < 4.78 is 0. The molecule has 0 bridgehead atoms. The summed E-state index contributed by atoms with van der Waals surface area (Å²) in [4.78, 5) is 58.7. The molecule has 0 spiro atoms. The molecule has 170 valence electrons. The highest BCUT2D eigenvalue weighted by Crippen LogP contribution is 2.11. The number of primary amides is 1. The largest absolute Gasteiger partial charge is 0.508 e. The van der Waals surface area contributed by atoms with Crippen molar-refractivity contribution in [3.8, 4) is 5.75 Å². The van der Waals surface area contributed by atoms with Gasteiger partial charge in [-0.05, 0) is 17.7 Å². The summed E-state index contributed by atoms with van der Waals surface area (Å²) in [6, 6.07) is 1.38. The first kappa shape index (κ1) is 25.3. The number of benzene rings is 1. The van der Waals surface area contributed by atoms with Gasteiger partial charge in [0, 0.05) is 6.42 Å². The average Bonchev–Trinajstić information content (AvgIpc) is 2.71. The molecule has 0 aliphatic rings. The fourth-order valence-corrected chi connectivity index (χ4v) is 2.47. The summed E-state index contributed by atoms with van der Waals surface area (Å²) in [5.74, 6) is -5.09. The molecule has 4 amide bonds. The molecule has 1 aromatic rings. The second kappa shape index (κ2) is 12.1. The molecule has 1 rings (SSSR count). The van der Waals surface area contributed by atoms with E-state index in [9.17, 15) is 34.2 Å². The maximum absolute atomic E-state index is 12.6. The van der Waals surface area contributed by atoms with Crippen LogP contribution in [0.3, 0.4) is 0 Å². The number of aliphatic hydroxyl groups is 1. The van der Waals surface area contributed by atoms with Gasteiger partial charge in [-0.25, -0.2) is 4.79 Å². The van der Waals surface area contributed by atoms with Gasteiger partial charge in [-0.1, -0.05) is 12.1 Å². The average molecular weight is 439 g/mol. The molecule has 13 heteroatoms. The van der Waals surface area contributed by atoms with Crippen molar-refractivity contribution in [3.05, 3.63) is 29.8 Å². The molecule has 31 heavy (non-hydrogen) atoms. The van der Waals surface area contributed by atoms with Crippen LogP contribution in [0.25, 0.3) is 0 Å². The van der Waals surface area contributed by atoms with Crippen molar-refractivity contribution in [2.24, 2.45) is 11.5 Å². The Labute approximate surface area is 176 Å². The fourth-order valence-electron chi connectivity index (χ4n) is 2.47. The highest BCUT2D eigenvalue weighted by atomic mass is 16.4. The number of rotatable bonds is 12. The molecule has 0 aliphatic heterocycles. The number of hydrogen-bond donors (Lipinski definition) is 8. The third kappa shape index (κ3) is 8.67. The standard InChI is InChI=1S/C18H25N5O8/c19-7-15(27)21-11(5-9-1-3-10(25)4-2-9)16(28)23-13(8-24)17(29)22-12(18(30)31)6-14(20)26/h1-4,11-13,24-25H,5-8,19H2,(H2,20,26)(H,21,27)(H,22,29)(H,23,28)(H,30,31). The molecule has 0 heterocycles. The Bertz CT molecular complexity index is 814. The number of carbonyl (C=O) groups excluding carboxylic acids is 4. The number of nitrogens with two attached hydrogens (primary N) is 2. The zero-order chi connectivity index (χ0) is 23.6. The lowest BCUT2D eigenvalue weighted by Gasteiger charge is -2.23. The normalized spacial score (nSPS) is 13.4. The molecule has 13 nitrogen and oxygen atoms in total. The van der Waals surface area contributed by atoms with Gasteiger partial charge >= 0.3 is 5.97 Å². The van der Waals surface area contributed by atoms with E-state index < -0.39 is 67.3 Å². The van der Waals surface area contributed by atoms with E-state index in [-0.39, 0.29) is 12.2 Å². The molecular formula is C18H25N5O8. The van der Waals surface area contributed by atoms with E-state index in [0.29, 0.717) is 5.56 Å². The number of carboxylic acid groups (broad SMARTS) is 1. The number of amides is 4. The van der Waals surface area contributed by atoms with Crippen LogP contribution in [-0.4, -0.2) is 76.2 Å². The van der Waals surface area contributed by atoms with E-state index in [1.165, 1.54) is 24.3 Å². The molecule has 0 saturated heterocycles. The van der Waals surface area contributed by atoms with Crippen molar-refractivity contribution in [3.63, 3.8) is 0 Å². The van der Waals surface area contributed by atoms with E-state index >= 15 is 0 Å². The van der Waals surface area contributed by atoms with Crippen LogP contribution in [0.5, 0.6) is 5.75 Å². The number of aromatic hydroxyl groups is 1. The van der Waals surface area contributed by atoms with Crippen LogP contribution >= 0.6 is 0 Å². The molecule has 3 unspecified atom stereocenters. The molecular weight excluding hydrogens is 414 g/mol. The third-order valence-electron chi connectivity index (χ3n) is 4.05. The SMILES string of the molecule is NCC(=O)NC(Cc1ccc(O)cc1)C(=O)NC(CO)C(=O)NC(CC(N)=O)C(=O)O. The third-order valence-corrected chi connectivity index (χ3v) is 4.05. The second-order valence-electron chi connectivity index (χ2n) is 6.51. The molecule has 0 saturated carbocycles. The van der Waals surface area contributed by atoms with Crippen LogP contribution in [0.4, 0.5) is 0 Å². The minimum Gasteiger partial charge on any atom is -0.508 e. The minimum absolute atomic E-state index is 0.00305. The van der Waals surface area contributed by atoms with Crippen molar-refractivity contribution in [1.82, 2.24) is 16.0 Å². The van der Waals surface area contributed by atoms with Gasteiger partial charge in [-0.15, -0.1) is 0 Å². The maximum atomic E-state index is 12.6. The lowest BCUT2D eigenvalue weighted by Crippen LogP contribution is -2.58. The molecule has 3 atom stereocenters. The number of nitrogens with one attached hydrogen (secondary N) is 3. The quantitative estimate of drug-likeness (QED) is 0.160. The summed E-state index contributed by atoms with van der Waals surface area (Å²) >= 11 is 0. The zero-order valence-electron chi connectivity index (χ0n) is 16.4. The Morgan fingerprint density at radius 3 is 1.94 bits per heavy atom. The molecule has 0 aromatic heterocycles. The van der Waals surface area contributed by atoms with Crippen LogP contribution in [-0.2, 0) is 30.4 Å². The van der Waals surface area contributed by atoms with Crippen LogP contribution in [0.1, 0.15) is 12.0 Å². The van der Waals surface area contributed by atoms with Gasteiger partial charge in [-0.3, -0.25) is 19.2 Å². The van der Waals surface area contributed by atoms with Crippen molar-refractivity contribution < 1.29 is 39.3 Å². The van der Waals surface area contributed by atoms with Crippen molar-refractivity contribution >= 4 is 29.6 Å². The summed E-state index contributed by atoms with van der Waals surface area (Å²) in [6.45, 7) is -1.30. The van der Waals surface area contributed by atoms with Crippen LogP contribution in [0.2, 0.25) is 0 Å². The van der Waals surface area contributed by atoms with E-state index in [1.54, 1.807) is 0 Å². The number of aliphatic carboxylic acids is 1. The first-order valence-corrected chi connectivity index (χ1v) is 9.07.